The summed E-state index contributed by atoms with van der Waals surface area (Å²) >= 11 is 0. The van der Waals surface area contributed by atoms with Crippen LogP contribution in [0, 0.1) is 10.1 Å². The van der Waals surface area contributed by atoms with E-state index in [-0.39, 0.29) is 5.69 Å². The van der Waals surface area contributed by atoms with Gasteiger partial charge in [0.1, 0.15) is 0 Å². The molecule has 0 spiro atoms. The summed E-state index contributed by atoms with van der Waals surface area (Å²) in [6.07, 6.45) is 5.28. The summed E-state index contributed by atoms with van der Waals surface area (Å²) in [5.74, 6) is 0.311. The molecule has 0 saturated carbocycles. The van der Waals surface area contributed by atoms with Crippen LogP contribution in [0.5, 0.6) is 0 Å². The van der Waals surface area contributed by atoms with Gasteiger partial charge in [0.15, 0.2) is 0 Å². The molecule has 1 aromatic carbocycles. The van der Waals surface area contributed by atoms with Crippen molar-refractivity contribution < 1.29 is 4.92 Å². The molecule has 6 heteroatoms. The Balaban J connectivity index is 1.77. The molecule has 1 saturated heterocycles. The molecule has 23 heavy (non-hydrogen) atoms. The lowest BCUT2D eigenvalue weighted by molar-refractivity contribution is -0.384. The maximum Gasteiger partial charge on any atom is 0.311 e. The number of nitrogens with one attached hydrogen (secondary N) is 1. The summed E-state index contributed by atoms with van der Waals surface area (Å²) in [6.45, 7) is 2.66. The Bertz CT molecular complexity index is 684. The van der Waals surface area contributed by atoms with Crippen LogP contribution in [0.4, 0.5) is 17.2 Å². The zero-order valence-corrected chi connectivity index (χ0v) is 12.9. The van der Waals surface area contributed by atoms with Gasteiger partial charge >= 0.3 is 5.69 Å². The molecule has 0 atom stereocenters. The molecule has 3 rings (SSSR count). The predicted molar refractivity (Wildman–Crippen MR) is 90.7 cm³/mol. The Morgan fingerprint density at radius 3 is 2.70 bits per heavy atom. The third-order valence-electron chi connectivity index (χ3n) is 4.12. The Morgan fingerprint density at radius 1 is 1.13 bits per heavy atom. The molecule has 1 aliphatic heterocycles. The summed E-state index contributed by atoms with van der Waals surface area (Å²) in [4.78, 5) is 17.1. The van der Waals surface area contributed by atoms with Crippen LogP contribution in [0.2, 0.25) is 0 Å². The lowest BCUT2D eigenvalue weighted by Crippen LogP contribution is -2.30. The van der Waals surface area contributed by atoms with Gasteiger partial charge in [0, 0.05) is 37.6 Å². The molecule has 6 nitrogen and oxygen atoms in total. The van der Waals surface area contributed by atoms with E-state index in [0.29, 0.717) is 12.4 Å². The van der Waals surface area contributed by atoms with Crippen LogP contribution in [-0.2, 0) is 6.54 Å². The van der Waals surface area contributed by atoms with Crippen molar-refractivity contribution in [1.82, 2.24) is 4.98 Å². The van der Waals surface area contributed by atoms with Crippen LogP contribution in [0.1, 0.15) is 24.8 Å². The molecule has 1 aromatic heterocycles. The van der Waals surface area contributed by atoms with Gasteiger partial charge in [0.25, 0.3) is 0 Å². The number of hydrogen-bond donors (Lipinski definition) is 1. The first-order chi connectivity index (χ1) is 11.3. The number of pyridine rings is 1. The van der Waals surface area contributed by atoms with Crippen molar-refractivity contribution in [3.8, 4) is 0 Å². The number of nitrogens with zero attached hydrogens (tertiary/aromatic N) is 3. The molecule has 1 fully saturated rings. The first kappa shape index (κ1) is 15.3. The smallest absolute Gasteiger partial charge is 0.311 e. The van der Waals surface area contributed by atoms with Crippen molar-refractivity contribution >= 4 is 17.2 Å². The quantitative estimate of drug-likeness (QED) is 0.675. The van der Waals surface area contributed by atoms with Gasteiger partial charge in [-0.3, -0.25) is 10.1 Å². The van der Waals surface area contributed by atoms with E-state index in [1.54, 1.807) is 12.3 Å². The number of benzene rings is 1. The minimum atomic E-state index is -0.411. The molecule has 1 aliphatic rings. The number of aromatic nitrogens is 1. The van der Waals surface area contributed by atoms with E-state index in [2.05, 4.69) is 27.3 Å². The maximum atomic E-state index is 11.1. The van der Waals surface area contributed by atoms with Crippen LogP contribution >= 0.6 is 0 Å². The van der Waals surface area contributed by atoms with Crippen LogP contribution in [0.25, 0.3) is 0 Å². The van der Waals surface area contributed by atoms with E-state index in [4.69, 9.17) is 0 Å². The van der Waals surface area contributed by atoms with E-state index in [9.17, 15) is 10.1 Å². The third kappa shape index (κ3) is 3.59. The van der Waals surface area contributed by atoms with Crippen LogP contribution < -0.4 is 10.2 Å². The molecule has 120 valence electrons. The third-order valence-corrected chi connectivity index (χ3v) is 4.12. The van der Waals surface area contributed by atoms with Gasteiger partial charge < -0.3 is 10.2 Å². The zero-order valence-electron chi connectivity index (χ0n) is 12.9. The molecule has 0 radical (unpaired) electrons. The van der Waals surface area contributed by atoms with Gasteiger partial charge in [-0.2, -0.15) is 0 Å². The number of para-hydroxylation sites is 1. The van der Waals surface area contributed by atoms with Gasteiger partial charge in [0.05, 0.1) is 4.92 Å². The fourth-order valence-electron chi connectivity index (χ4n) is 2.96. The Labute approximate surface area is 135 Å². The molecule has 2 heterocycles. The minimum Gasteiger partial charge on any atom is -0.371 e. The second-order valence-corrected chi connectivity index (χ2v) is 5.66. The number of piperidine rings is 1. The fourth-order valence-corrected chi connectivity index (χ4v) is 2.96. The molecule has 0 bridgehead atoms. The van der Waals surface area contributed by atoms with Crippen molar-refractivity contribution in [1.29, 1.82) is 0 Å². The van der Waals surface area contributed by atoms with Crippen molar-refractivity contribution in [2.45, 2.75) is 25.8 Å². The average molecular weight is 312 g/mol. The highest BCUT2D eigenvalue weighted by atomic mass is 16.6. The molecular weight excluding hydrogens is 292 g/mol. The van der Waals surface area contributed by atoms with Crippen molar-refractivity contribution in [3.05, 3.63) is 58.3 Å². The van der Waals surface area contributed by atoms with E-state index in [1.807, 2.05) is 12.1 Å². The number of nitro groups is 1. The maximum absolute atomic E-state index is 11.1. The number of hydrogen-bond acceptors (Lipinski definition) is 5. The topological polar surface area (TPSA) is 71.3 Å². The highest BCUT2D eigenvalue weighted by molar-refractivity contribution is 5.58. The standard InChI is InChI=1S/C17H20N4O2/c22-21(23)16-9-6-10-18-17(16)19-13-14-7-2-3-8-15(14)20-11-4-1-5-12-20/h2-3,6-10H,1,4-5,11-13H2,(H,18,19). The fraction of sp³-hybridized carbons (Fsp3) is 0.353. The largest absolute Gasteiger partial charge is 0.371 e. The lowest BCUT2D eigenvalue weighted by atomic mass is 10.1. The Morgan fingerprint density at radius 2 is 1.91 bits per heavy atom. The highest BCUT2D eigenvalue weighted by Gasteiger charge is 2.16. The second-order valence-electron chi connectivity index (χ2n) is 5.66. The summed E-state index contributed by atoms with van der Waals surface area (Å²) in [6, 6.07) is 11.3. The highest BCUT2D eigenvalue weighted by Crippen LogP contribution is 2.26. The molecule has 2 aromatic rings. The van der Waals surface area contributed by atoms with Crippen LogP contribution in [-0.4, -0.2) is 23.0 Å². The SMILES string of the molecule is O=[N+]([O-])c1cccnc1NCc1ccccc1N1CCCCC1. The summed E-state index contributed by atoms with van der Waals surface area (Å²) in [5, 5.41) is 14.2. The summed E-state index contributed by atoms with van der Waals surface area (Å²) in [5.41, 5.74) is 2.34. The summed E-state index contributed by atoms with van der Waals surface area (Å²) in [7, 11) is 0. The van der Waals surface area contributed by atoms with Gasteiger partial charge in [-0.1, -0.05) is 18.2 Å². The van der Waals surface area contributed by atoms with Gasteiger partial charge in [0.2, 0.25) is 5.82 Å². The van der Waals surface area contributed by atoms with Crippen molar-refractivity contribution in [2.75, 3.05) is 23.3 Å². The van der Waals surface area contributed by atoms with Crippen LogP contribution in [0.15, 0.2) is 42.6 Å². The monoisotopic (exact) mass is 312 g/mol. The molecule has 1 N–H and O–H groups in total. The number of rotatable bonds is 5. The van der Waals surface area contributed by atoms with E-state index >= 15 is 0 Å². The number of anilines is 2. The molecule has 0 unspecified atom stereocenters. The molecular formula is C17H20N4O2. The average Bonchev–Trinajstić information content (AvgIpc) is 2.61. The lowest BCUT2D eigenvalue weighted by Gasteiger charge is -2.30. The van der Waals surface area contributed by atoms with Crippen molar-refractivity contribution in [2.24, 2.45) is 0 Å². The van der Waals surface area contributed by atoms with E-state index in [0.717, 1.165) is 18.7 Å². The zero-order chi connectivity index (χ0) is 16.1. The van der Waals surface area contributed by atoms with Gasteiger partial charge in [-0.25, -0.2) is 4.98 Å². The van der Waals surface area contributed by atoms with Gasteiger partial charge in [-0.05, 0) is 37.0 Å². The first-order valence-electron chi connectivity index (χ1n) is 7.92. The van der Waals surface area contributed by atoms with Crippen molar-refractivity contribution in [3.63, 3.8) is 0 Å². The Hall–Kier alpha value is -2.63. The molecule has 0 aliphatic carbocycles. The minimum absolute atomic E-state index is 0.00273. The summed E-state index contributed by atoms with van der Waals surface area (Å²) < 4.78 is 0. The first-order valence-corrected chi connectivity index (χ1v) is 7.92. The predicted octanol–water partition coefficient (Wildman–Crippen LogP) is 3.59. The van der Waals surface area contributed by atoms with Crippen LogP contribution in [0.3, 0.4) is 0 Å². The van der Waals surface area contributed by atoms with E-state index < -0.39 is 4.92 Å². The van der Waals surface area contributed by atoms with Gasteiger partial charge in [-0.15, -0.1) is 0 Å². The normalized spacial score (nSPS) is 14.5. The second kappa shape index (κ2) is 7.09. The molecule has 0 amide bonds. The Kier molecular flexibility index (Phi) is 4.71. The van der Waals surface area contributed by atoms with E-state index in [1.165, 1.54) is 31.0 Å².